The summed E-state index contributed by atoms with van der Waals surface area (Å²) in [5.41, 5.74) is 7.43. The average molecular weight is 350 g/mol. The summed E-state index contributed by atoms with van der Waals surface area (Å²) in [5.74, 6) is -0.542. The number of thioether (sulfide) groups is 1. The number of benzene rings is 1. The SMILES string of the molecule is CC(=O)N[C@H](CSC(=O)[C@H](C)c1ccc(CC(C)C)cc1)C(N)=O. The van der Waals surface area contributed by atoms with Crippen LogP contribution in [0.3, 0.4) is 0 Å². The maximum absolute atomic E-state index is 12.3. The minimum atomic E-state index is -0.836. The van der Waals surface area contributed by atoms with E-state index in [0.717, 1.165) is 23.7 Å². The lowest BCUT2D eigenvalue weighted by Gasteiger charge is -2.15. The third-order valence-electron chi connectivity index (χ3n) is 3.59. The van der Waals surface area contributed by atoms with Crippen LogP contribution >= 0.6 is 11.8 Å². The Morgan fingerprint density at radius 1 is 1.12 bits per heavy atom. The predicted octanol–water partition coefficient (Wildman–Crippen LogP) is 2.24. The Labute approximate surface area is 147 Å². The number of hydrogen-bond donors (Lipinski definition) is 2. The van der Waals surface area contributed by atoms with Crippen molar-refractivity contribution in [3.8, 4) is 0 Å². The molecule has 0 heterocycles. The minimum absolute atomic E-state index is 0.0526. The zero-order valence-electron chi connectivity index (χ0n) is 14.7. The fourth-order valence-electron chi connectivity index (χ4n) is 2.28. The molecule has 0 saturated heterocycles. The van der Waals surface area contributed by atoms with E-state index in [2.05, 4.69) is 19.2 Å². The number of carbonyl (C=O) groups is 3. The summed E-state index contributed by atoms with van der Waals surface area (Å²) >= 11 is 1.02. The number of rotatable bonds is 8. The van der Waals surface area contributed by atoms with Gasteiger partial charge in [-0.25, -0.2) is 0 Å². The maximum atomic E-state index is 12.3. The van der Waals surface area contributed by atoms with Crippen molar-refractivity contribution in [3.63, 3.8) is 0 Å². The van der Waals surface area contributed by atoms with Crippen LogP contribution in [0.25, 0.3) is 0 Å². The molecular formula is C18H26N2O3S. The van der Waals surface area contributed by atoms with Gasteiger partial charge in [-0.05, 0) is 23.5 Å². The molecule has 0 aliphatic rings. The number of hydrogen-bond acceptors (Lipinski definition) is 4. The van der Waals surface area contributed by atoms with Crippen LogP contribution in [0.4, 0.5) is 0 Å². The van der Waals surface area contributed by atoms with Gasteiger partial charge in [-0.1, -0.05) is 56.8 Å². The van der Waals surface area contributed by atoms with Crippen LogP contribution in [0.5, 0.6) is 0 Å². The summed E-state index contributed by atoms with van der Waals surface area (Å²) in [4.78, 5) is 34.7. The van der Waals surface area contributed by atoms with Gasteiger partial charge in [0.1, 0.15) is 6.04 Å². The van der Waals surface area contributed by atoms with Crippen molar-refractivity contribution in [1.82, 2.24) is 5.32 Å². The molecule has 2 amide bonds. The van der Waals surface area contributed by atoms with E-state index in [4.69, 9.17) is 5.73 Å². The summed E-state index contributed by atoms with van der Waals surface area (Å²) in [6.07, 6.45) is 1.01. The predicted molar refractivity (Wildman–Crippen MR) is 97.7 cm³/mol. The first-order valence-corrected chi connectivity index (χ1v) is 9.01. The van der Waals surface area contributed by atoms with Gasteiger partial charge in [-0.2, -0.15) is 0 Å². The third-order valence-corrected chi connectivity index (χ3v) is 4.73. The molecule has 0 spiro atoms. The number of carbonyl (C=O) groups excluding carboxylic acids is 3. The van der Waals surface area contributed by atoms with Crippen LogP contribution in [-0.4, -0.2) is 28.7 Å². The van der Waals surface area contributed by atoms with Gasteiger partial charge in [-0.15, -0.1) is 0 Å². The van der Waals surface area contributed by atoms with E-state index in [0.29, 0.717) is 5.92 Å². The number of amides is 2. The van der Waals surface area contributed by atoms with Crippen molar-refractivity contribution in [2.24, 2.45) is 11.7 Å². The average Bonchev–Trinajstić information content (AvgIpc) is 2.50. The van der Waals surface area contributed by atoms with Gasteiger partial charge in [0.15, 0.2) is 5.12 Å². The third kappa shape index (κ3) is 6.74. The smallest absolute Gasteiger partial charge is 0.240 e. The molecule has 3 N–H and O–H groups in total. The molecule has 0 unspecified atom stereocenters. The quantitative estimate of drug-likeness (QED) is 0.752. The van der Waals surface area contributed by atoms with E-state index >= 15 is 0 Å². The van der Waals surface area contributed by atoms with Crippen LogP contribution in [-0.2, 0) is 20.8 Å². The largest absolute Gasteiger partial charge is 0.368 e. The molecule has 5 nitrogen and oxygen atoms in total. The van der Waals surface area contributed by atoms with Crippen molar-refractivity contribution in [3.05, 3.63) is 35.4 Å². The van der Waals surface area contributed by atoms with Crippen LogP contribution in [0, 0.1) is 5.92 Å². The Kier molecular flexibility index (Phi) is 7.98. The molecule has 0 bridgehead atoms. The summed E-state index contributed by atoms with van der Waals surface area (Å²) in [5, 5.41) is 2.40. The van der Waals surface area contributed by atoms with E-state index in [1.807, 2.05) is 31.2 Å². The molecule has 0 aliphatic carbocycles. The molecular weight excluding hydrogens is 324 g/mol. The van der Waals surface area contributed by atoms with Crippen LogP contribution in [0.1, 0.15) is 44.7 Å². The first kappa shape index (κ1) is 20.2. The highest BCUT2D eigenvalue weighted by molar-refractivity contribution is 8.13. The Balaban J connectivity index is 2.63. The Hall–Kier alpha value is -1.82. The van der Waals surface area contributed by atoms with E-state index < -0.39 is 11.9 Å². The second-order valence-corrected chi connectivity index (χ2v) is 7.37. The summed E-state index contributed by atoms with van der Waals surface area (Å²) < 4.78 is 0. The van der Waals surface area contributed by atoms with E-state index in [1.165, 1.54) is 12.5 Å². The molecule has 2 atom stereocenters. The summed E-state index contributed by atoms with van der Waals surface area (Å²) in [7, 11) is 0. The van der Waals surface area contributed by atoms with Crippen LogP contribution in [0.2, 0.25) is 0 Å². The Morgan fingerprint density at radius 3 is 2.17 bits per heavy atom. The highest BCUT2D eigenvalue weighted by Gasteiger charge is 2.21. The van der Waals surface area contributed by atoms with Crippen LogP contribution < -0.4 is 11.1 Å². The van der Waals surface area contributed by atoms with Gasteiger partial charge < -0.3 is 11.1 Å². The van der Waals surface area contributed by atoms with Crippen molar-refractivity contribution >= 4 is 28.7 Å². The summed E-state index contributed by atoms with van der Waals surface area (Å²) in [6.45, 7) is 7.48. The molecule has 132 valence electrons. The molecule has 0 fully saturated rings. The molecule has 0 aromatic heterocycles. The Bertz CT molecular complexity index is 584. The fraction of sp³-hybridized carbons (Fsp3) is 0.500. The molecule has 6 heteroatoms. The normalized spacial score (nSPS) is 13.4. The molecule has 0 radical (unpaired) electrons. The van der Waals surface area contributed by atoms with E-state index in [9.17, 15) is 14.4 Å². The van der Waals surface area contributed by atoms with Gasteiger partial charge in [0.25, 0.3) is 0 Å². The van der Waals surface area contributed by atoms with E-state index in [1.54, 1.807) is 0 Å². The highest BCUT2D eigenvalue weighted by atomic mass is 32.2. The minimum Gasteiger partial charge on any atom is -0.368 e. The first-order chi connectivity index (χ1) is 11.2. The number of primary amides is 1. The Morgan fingerprint density at radius 2 is 1.71 bits per heavy atom. The van der Waals surface area contributed by atoms with Gasteiger partial charge >= 0.3 is 0 Å². The van der Waals surface area contributed by atoms with Crippen molar-refractivity contribution in [2.45, 2.75) is 46.1 Å². The lowest BCUT2D eigenvalue weighted by atomic mass is 9.97. The zero-order valence-corrected chi connectivity index (χ0v) is 15.5. The van der Waals surface area contributed by atoms with Crippen LogP contribution in [0.15, 0.2) is 24.3 Å². The lowest BCUT2D eigenvalue weighted by molar-refractivity contribution is -0.125. The van der Waals surface area contributed by atoms with E-state index in [-0.39, 0.29) is 22.7 Å². The molecule has 1 rings (SSSR count). The lowest BCUT2D eigenvalue weighted by Crippen LogP contribution is -2.45. The van der Waals surface area contributed by atoms with Crippen molar-refractivity contribution < 1.29 is 14.4 Å². The monoisotopic (exact) mass is 350 g/mol. The number of nitrogens with two attached hydrogens (primary N) is 1. The maximum Gasteiger partial charge on any atom is 0.240 e. The van der Waals surface area contributed by atoms with Gasteiger partial charge in [0.05, 0.1) is 5.92 Å². The first-order valence-electron chi connectivity index (χ1n) is 8.02. The van der Waals surface area contributed by atoms with Gasteiger partial charge in [-0.3, -0.25) is 14.4 Å². The second kappa shape index (κ2) is 9.47. The molecule has 0 aliphatic heterocycles. The van der Waals surface area contributed by atoms with Gasteiger partial charge in [0.2, 0.25) is 11.8 Å². The molecule has 24 heavy (non-hydrogen) atoms. The van der Waals surface area contributed by atoms with Crippen molar-refractivity contribution in [2.75, 3.05) is 5.75 Å². The topological polar surface area (TPSA) is 89.3 Å². The number of nitrogens with one attached hydrogen (secondary N) is 1. The van der Waals surface area contributed by atoms with Gasteiger partial charge in [0, 0.05) is 12.7 Å². The second-order valence-electron chi connectivity index (χ2n) is 6.35. The molecule has 0 saturated carbocycles. The van der Waals surface area contributed by atoms with Crippen molar-refractivity contribution in [1.29, 1.82) is 0 Å². The molecule has 1 aromatic carbocycles. The standard InChI is InChI=1S/C18H26N2O3S/c1-11(2)9-14-5-7-15(8-6-14)12(3)18(23)24-10-16(17(19)22)20-13(4)21/h5-8,11-12,16H,9-10H2,1-4H3,(H2,19,22)(H,20,21)/t12-,16-/m1/s1. The molecule has 1 aromatic rings. The summed E-state index contributed by atoms with van der Waals surface area (Å²) in [6, 6.07) is 7.21. The fourth-order valence-corrected chi connectivity index (χ4v) is 3.25. The zero-order chi connectivity index (χ0) is 18.3. The highest BCUT2D eigenvalue weighted by Crippen LogP contribution is 2.23.